The minimum absolute atomic E-state index is 0.00863. The highest BCUT2D eigenvalue weighted by Gasteiger charge is 2.30. The third kappa shape index (κ3) is 3.31. The first-order chi connectivity index (χ1) is 9.43. The lowest BCUT2D eigenvalue weighted by Crippen LogP contribution is -2.43. The predicted octanol–water partition coefficient (Wildman–Crippen LogP) is 1.77. The van der Waals surface area contributed by atoms with E-state index >= 15 is 0 Å². The van der Waals surface area contributed by atoms with Crippen LogP contribution in [0, 0.1) is 6.92 Å². The van der Waals surface area contributed by atoms with Crippen LogP contribution in [0.4, 0.5) is 5.69 Å². The van der Waals surface area contributed by atoms with Crippen LogP contribution in [0.15, 0.2) is 23.1 Å². The first-order valence-corrected chi connectivity index (χ1v) is 8.36. The third-order valence-electron chi connectivity index (χ3n) is 3.45. The second-order valence-electron chi connectivity index (χ2n) is 5.16. The first-order valence-electron chi connectivity index (χ1n) is 6.92. The van der Waals surface area contributed by atoms with Crippen molar-refractivity contribution in [2.24, 2.45) is 0 Å². The van der Waals surface area contributed by atoms with Gasteiger partial charge in [-0.15, -0.1) is 0 Å². The molecule has 1 heterocycles. The molecule has 0 aliphatic carbocycles. The summed E-state index contributed by atoms with van der Waals surface area (Å²) in [6.45, 7) is 5.34. The Kier molecular flexibility index (Phi) is 4.67. The fourth-order valence-electron chi connectivity index (χ4n) is 2.57. The summed E-state index contributed by atoms with van der Waals surface area (Å²) in [5.74, 6) is 0. The lowest BCUT2D eigenvalue weighted by Gasteiger charge is -2.31. The number of hydrogen-bond acceptors (Lipinski definition) is 4. The molecule has 112 valence electrons. The summed E-state index contributed by atoms with van der Waals surface area (Å²) >= 11 is 0. The van der Waals surface area contributed by atoms with Crippen LogP contribution in [0.1, 0.15) is 25.3 Å². The molecular formula is C14H22N2O3S. The van der Waals surface area contributed by atoms with Crippen molar-refractivity contribution in [3.05, 3.63) is 23.8 Å². The van der Waals surface area contributed by atoms with Crippen LogP contribution < -0.4 is 5.73 Å². The predicted molar refractivity (Wildman–Crippen MR) is 79.0 cm³/mol. The van der Waals surface area contributed by atoms with Gasteiger partial charge in [0.1, 0.15) is 0 Å². The maximum atomic E-state index is 12.7. The molecule has 5 nitrogen and oxygen atoms in total. The van der Waals surface area contributed by atoms with E-state index in [1.54, 1.807) is 12.1 Å². The Bertz CT molecular complexity index is 550. The van der Waals surface area contributed by atoms with Gasteiger partial charge in [-0.3, -0.25) is 0 Å². The van der Waals surface area contributed by atoms with Crippen LogP contribution in [-0.4, -0.2) is 38.5 Å². The molecule has 0 radical (unpaired) electrons. The Morgan fingerprint density at radius 1 is 1.40 bits per heavy atom. The average Bonchev–Trinajstić information content (AvgIpc) is 2.38. The summed E-state index contributed by atoms with van der Waals surface area (Å²) in [7, 11) is -3.48. The monoisotopic (exact) mass is 298 g/mol. The van der Waals surface area contributed by atoms with E-state index < -0.39 is 10.0 Å². The number of aryl methyl sites for hydroxylation is 1. The molecule has 1 saturated heterocycles. The average molecular weight is 298 g/mol. The number of piperidine rings is 1. The zero-order chi connectivity index (χ0) is 14.8. The molecule has 1 unspecified atom stereocenters. The first kappa shape index (κ1) is 15.3. The van der Waals surface area contributed by atoms with Crippen LogP contribution in [0.2, 0.25) is 0 Å². The van der Waals surface area contributed by atoms with Gasteiger partial charge in [-0.1, -0.05) is 0 Å². The van der Waals surface area contributed by atoms with Crippen molar-refractivity contribution in [3.63, 3.8) is 0 Å². The number of benzene rings is 1. The van der Waals surface area contributed by atoms with Gasteiger partial charge in [0.15, 0.2) is 0 Å². The van der Waals surface area contributed by atoms with Crippen molar-refractivity contribution in [2.45, 2.75) is 37.7 Å². The van der Waals surface area contributed by atoms with E-state index in [0.29, 0.717) is 25.4 Å². The van der Waals surface area contributed by atoms with Gasteiger partial charge < -0.3 is 10.5 Å². The summed E-state index contributed by atoms with van der Waals surface area (Å²) in [6.07, 6.45) is 1.73. The van der Waals surface area contributed by atoms with E-state index in [0.717, 1.165) is 18.4 Å². The molecule has 1 aliphatic rings. The Morgan fingerprint density at radius 2 is 2.15 bits per heavy atom. The van der Waals surface area contributed by atoms with Crippen molar-refractivity contribution in [3.8, 4) is 0 Å². The molecule has 0 amide bonds. The van der Waals surface area contributed by atoms with Gasteiger partial charge in [0.25, 0.3) is 0 Å². The fourth-order valence-corrected chi connectivity index (χ4v) is 4.22. The smallest absolute Gasteiger partial charge is 0.243 e. The van der Waals surface area contributed by atoms with E-state index in [2.05, 4.69) is 0 Å². The van der Waals surface area contributed by atoms with Crippen molar-refractivity contribution < 1.29 is 13.2 Å². The number of nitrogens with two attached hydrogens (primary N) is 1. The molecule has 2 rings (SSSR count). The molecule has 1 aliphatic heterocycles. The van der Waals surface area contributed by atoms with Crippen LogP contribution in [0.5, 0.6) is 0 Å². The SMILES string of the molecule is CCOC1CCCN(S(=O)(=O)c2cc(C)cc(N)c2)C1. The minimum Gasteiger partial charge on any atom is -0.399 e. The van der Waals surface area contributed by atoms with Gasteiger partial charge >= 0.3 is 0 Å². The van der Waals surface area contributed by atoms with E-state index in [1.165, 1.54) is 10.4 Å². The number of sulfonamides is 1. The number of anilines is 1. The van der Waals surface area contributed by atoms with E-state index in [9.17, 15) is 8.42 Å². The molecular weight excluding hydrogens is 276 g/mol. The Labute approximate surface area is 120 Å². The van der Waals surface area contributed by atoms with E-state index in [1.807, 2.05) is 13.8 Å². The van der Waals surface area contributed by atoms with Crippen molar-refractivity contribution in [1.29, 1.82) is 0 Å². The summed E-state index contributed by atoms with van der Waals surface area (Å²) in [5, 5.41) is 0. The normalized spacial score (nSPS) is 21.0. The van der Waals surface area contributed by atoms with Crippen molar-refractivity contribution in [2.75, 3.05) is 25.4 Å². The number of rotatable bonds is 4. The van der Waals surface area contributed by atoms with Gasteiger partial charge in [0, 0.05) is 25.4 Å². The summed E-state index contributed by atoms with van der Waals surface area (Å²) in [5.41, 5.74) is 7.08. The second kappa shape index (κ2) is 6.11. The van der Waals surface area contributed by atoms with Gasteiger partial charge in [0.2, 0.25) is 10.0 Å². The maximum absolute atomic E-state index is 12.7. The lowest BCUT2D eigenvalue weighted by atomic mass is 10.1. The Morgan fingerprint density at radius 3 is 2.80 bits per heavy atom. The molecule has 20 heavy (non-hydrogen) atoms. The highest BCUT2D eigenvalue weighted by molar-refractivity contribution is 7.89. The zero-order valence-electron chi connectivity index (χ0n) is 12.0. The Hall–Kier alpha value is -1.11. The molecule has 2 N–H and O–H groups in total. The number of nitrogens with zero attached hydrogens (tertiary/aromatic N) is 1. The zero-order valence-corrected chi connectivity index (χ0v) is 12.8. The third-order valence-corrected chi connectivity index (χ3v) is 5.30. The van der Waals surface area contributed by atoms with Crippen LogP contribution in [-0.2, 0) is 14.8 Å². The highest BCUT2D eigenvalue weighted by atomic mass is 32.2. The maximum Gasteiger partial charge on any atom is 0.243 e. The molecule has 0 aromatic heterocycles. The van der Waals surface area contributed by atoms with Crippen molar-refractivity contribution >= 4 is 15.7 Å². The van der Waals surface area contributed by atoms with Crippen LogP contribution in [0.25, 0.3) is 0 Å². The van der Waals surface area contributed by atoms with Gasteiger partial charge in [-0.25, -0.2) is 8.42 Å². The molecule has 1 atom stereocenters. The lowest BCUT2D eigenvalue weighted by molar-refractivity contribution is 0.0265. The van der Waals surface area contributed by atoms with Gasteiger partial charge in [-0.05, 0) is 50.5 Å². The minimum atomic E-state index is -3.48. The standard InChI is InChI=1S/C14H22N2O3S/c1-3-19-13-5-4-6-16(10-13)20(17,18)14-8-11(2)7-12(15)9-14/h7-9,13H,3-6,10,15H2,1-2H3. The largest absolute Gasteiger partial charge is 0.399 e. The Balaban J connectivity index is 2.25. The van der Waals surface area contributed by atoms with Gasteiger partial charge in [0.05, 0.1) is 11.0 Å². The topological polar surface area (TPSA) is 72.6 Å². The van der Waals surface area contributed by atoms with E-state index in [-0.39, 0.29) is 11.0 Å². The molecule has 0 spiro atoms. The number of ether oxygens (including phenoxy) is 1. The molecule has 1 aromatic carbocycles. The molecule has 1 fully saturated rings. The summed E-state index contributed by atoms with van der Waals surface area (Å²) in [6, 6.07) is 4.95. The fraction of sp³-hybridized carbons (Fsp3) is 0.571. The second-order valence-corrected chi connectivity index (χ2v) is 7.10. The van der Waals surface area contributed by atoms with Crippen LogP contribution in [0.3, 0.4) is 0 Å². The molecule has 0 bridgehead atoms. The number of nitrogen functional groups attached to an aromatic ring is 1. The quantitative estimate of drug-likeness (QED) is 0.860. The van der Waals surface area contributed by atoms with Crippen LogP contribution >= 0.6 is 0 Å². The highest BCUT2D eigenvalue weighted by Crippen LogP contribution is 2.24. The number of hydrogen-bond donors (Lipinski definition) is 1. The molecule has 0 saturated carbocycles. The van der Waals surface area contributed by atoms with Crippen molar-refractivity contribution in [1.82, 2.24) is 4.31 Å². The summed E-state index contributed by atoms with van der Waals surface area (Å²) in [4.78, 5) is 0.271. The van der Waals surface area contributed by atoms with E-state index in [4.69, 9.17) is 10.5 Å². The molecule has 6 heteroatoms. The summed E-state index contributed by atoms with van der Waals surface area (Å²) < 4.78 is 32.4. The van der Waals surface area contributed by atoms with Gasteiger partial charge in [-0.2, -0.15) is 4.31 Å². The molecule has 1 aromatic rings.